The molecule has 0 radical (unpaired) electrons. The van der Waals surface area contributed by atoms with Crippen molar-refractivity contribution in [1.82, 2.24) is 0 Å². The second kappa shape index (κ2) is 44.6. The van der Waals surface area contributed by atoms with Gasteiger partial charge in [0.05, 0.1) is 19.8 Å². The van der Waals surface area contributed by atoms with Gasteiger partial charge in [-0.2, -0.15) is 0 Å². The number of unbranched alkanes of at least 4 members (excludes halogenated alkanes) is 28. The van der Waals surface area contributed by atoms with Gasteiger partial charge in [-0.25, -0.2) is 0 Å². The fourth-order valence-corrected chi connectivity index (χ4v) is 7.97. The molecule has 4 N–H and O–H groups in total. The van der Waals surface area contributed by atoms with Crippen LogP contribution in [0.5, 0.6) is 0 Å². The Morgan fingerprint density at radius 2 is 0.935 bits per heavy atom. The first-order chi connectivity index (χ1) is 30.4. The summed E-state index contributed by atoms with van der Waals surface area (Å²) in [6, 6.07) is 0. The Morgan fingerprint density at radius 3 is 1.44 bits per heavy atom. The van der Waals surface area contributed by atoms with Crippen molar-refractivity contribution in [3.05, 3.63) is 36.5 Å². The third-order valence-corrected chi connectivity index (χ3v) is 12.1. The van der Waals surface area contributed by atoms with Gasteiger partial charge < -0.3 is 39.4 Å². The Bertz CT molecular complexity index is 1050. The maximum Gasteiger partial charge on any atom is 0.306 e. The number of carbonyl (C=O) groups is 1. The summed E-state index contributed by atoms with van der Waals surface area (Å²) in [6.07, 6.45) is 47.4. The van der Waals surface area contributed by atoms with E-state index < -0.39 is 43.4 Å². The molecule has 0 aromatic carbocycles. The number of ether oxygens (including phenoxy) is 4. The highest BCUT2D eigenvalue weighted by atomic mass is 16.7. The molecule has 364 valence electrons. The predicted molar refractivity (Wildman–Crippen MR) is 256 cm³/mol. The predicted octanol–water partition coefficient (Wildman–Crippen LogP) is 12.7. The number of aliphatic hydroxyl groups is 4. The van der Waals surface area contributed by atoms with Crippen LogP contribution in [0, 0.1) is 0 Å². The van der Waals surface area contributed by atoms with Crippen LogP contribution in [-0.2, 0) is 23.7 Å². The van der Waals surface area contributed by atoms with Crippen LogP contribution in [0.2, 0.25) is 0 Å². The largest absolute Gasteiger partial charge is 0.457 e. The molecule has 6 unspecified atom stereocenters. The summed E-state index contributed by atoms with van der Waals surface area (Å²) in [5.41, 5.74) is 0. The van der Waals surface area contributed by atoms with E-state index >= 15 is 0 Å². The van der Waals surface area contributed by atoms with Crippen LogP contribution in [0.25, 0.3) is 0 Å². The van der Waals surface area contributed by atoms with Crippen LogP contribution < -0.4 is 0 Å². The standard InChI is InChI=1S/C53H98O9/c1-3-5-7-9-11-13-15-17-19-21-23-25-27-29-31-33-35-37-39-41-43-59-45-47(46-60-53-52(58)51(57)50(56)48(44-54)62-53)61-49(55)42-40-38-36-34-32-30-28-26-24-22-20-18-16-14-12-10-8-6-4-2/h11,13,17,19,23,25,47-48,50-54,56-58H,3-10,12,14-16,18,20-22,24,26-46H2,1-2H3/b13-11-,19-17-,25-23-. The van der Waals surface area contributed by atoms with E-state index in [4.69, 9.17) is 18.9 Å². The van der Waals surface area contributed by atoms with Crippen LogP contribution in [0.15, 0.2) is 36.5 Å². The Kier molecular flexibility index (Phi) is 42.0. The fraction of sp³-hybridized carbons (Fsp3) is 0.868. The molecular formula is C53H98O9. The third-order valence-electron chi connectivity index (χ3n) is 12.1. The maximum absolute atomic E-state index is 12.8. The van der Waals surface area contributed by atoms with Crippen LogP contribution in [0.3, 0.4) is 0 Å². The van der Waals surface area contributed by atoms with E-state index in [-0.39, 0.29) is 19.2 Å². The lowest BCUT2D eigenvalue weighted by molar-refractivity contribution is -0.305. The Hall–Kier alpha value is -1.59. The van der Waals surface area contributed by atoms with Crippen LogP contribution >= 0.6 is 0 Å². The number of rotatable bonds is 45. The molecule has 0 aromatic heterocycles. The molecule has 1 aliphatic rings. The first-order valence-corrected chi connectivity index (χ1v) is 26.1. The van der Waals surface area contributed by atoms with Crippen LogP contribution in [0.4, 0.5) is 0 Å². The molecule has 62 heavy (non-hydrogen) atoms. The zero-order valence-electron chi connectivity index (χ0n) is 40.1. The molecule has 0 saturated carbocycles. The SMILES string of the molecule is CCCCC/C=C\C/C=C\C/C=C\CCCCCCCCCOCC(COC1OC(CO)C(O)C(O)C1O)OC(=O)CCCCCCCCCCCCCCCCCCCCC. The summed E-state index contributed by atoms with van der Waals surface area (Å²) in [6.45, 7) is 4.55. The lowest BCUT2D eigenvalue weighted by Gasteiger charge is -2.39. The van der Waals surface area contributed by atoms with Crippen molar-refractivity contribution in [2.24, 2.45) is 0 Å². The molecule has 6 atom stereocenters. The topological polar surface area (TPSA) is 135 Å². The smallest absolute Gasteiger partial charge is 0.306 e. The van der Waals surface area contributed by atoms with Gasteiger partial charge >= 0.3 is 5.97 Å². The first kappa shape index (κ1) is 58.4. The molecule has 1 rings (SSSR count). The van der Waals surface area contributed by atoms with E-state index in [0.717, 1.165) is 57.8 Å². The van der Waals surface area contributed by atoms with E-state index in [9.17, 15) is 25.2 Å². The van der Waals surface area contributed by atoms with E-state index in [1.807, 2.05) is 0 Å². The molecule has 1 fully saturated rings. The number of esters is 1. The molecule has 0 amide bonds. The quantitative estimate of drug-likeness (QED) is 0.0268. The molecule has 1 aliphatic heterocycles. The molecule has 9 heteroatoms. The van der Waals surface area contributed by atoms with Crippen LogP contribution in [-0.4, -0.2) is 89.6 Å². The normalized spacial score (nSPS) is 20.0. The van der Waals surface area contributed by atoms with Gasteiger partial charge in [0.2, 0.25) is 0 Å². The van der Waals surface area contributed by atoms with Gasteiger partial charge in [0.25, 0.3) is 0 Å². The zero-order valence-corrected chi connectivity index (χ0v) is 40.1. The Labute approximate surface area is 380 Å². The summed E-state index contributed by atoms with van der Waals surface area (Å²) >= 11 is 0. The van der Waals surface area contributed by atoms with Crippen molar-refractivity contribution in [3.63, 3.8) is 0 Å². The minimum absolute atomic E-state index is 0.115. The summed E-state index contributed by atoms with van der Waals surface area (Å²) in [4.78, 5) is 12.8. The van der Waals surface area contributed by atoms with Crippen molar-refractivity contribution >= 4 is 5.97 Å². The third kappa shape index (κ3) is 34.8. The molecule has 0 aliphatic carbocycles. The molecule has 0 spiro atoms. The molecule has 1 heterocycles. The Balaban J connectivity index is 2.20. The van der Waals surface area contributed by atoms with Crippen molar-refractivity contribution in [1.29, 1.82) is 0 Å². The summed E-state index contributed by atoms with van der Waals surface area (Å²) in [5, 5.41) is 40.2. The van der Waals surface area contributed by atoms with Crippen molar-refractivity contribution in [2.45, 2.75) is 269 Å². The van der Waals surface area contributed by atoms with E-state index in [2.05, 4.69) is 50.3 Å². The van der Waals surface area contributed by atoms with Gasteiger partial charge in [0.1, 0.15) is 30.5 Å². The van der Waals surface area contributed by atoms with Gasteiger partial charge in [-0.05, 0) is 51.4 Å². The highest BCUT2D eigenvalue weighted by molar-refractivity contribution is 5.69. The molecule has 9 nitrogen and oxygen atoms in total. The van der Waals surface area contributed by atoms with Gasteiger partial charge in [0.15, 0.2) is 6.29 Å². The molecule has 1 saturated heterocycles. The Morgan fingerprint density at radius 1 is 0.516 bits per heavy atom. The minimum atomic E-state index is -1.54. The average molecular weight is 879 g/mol. The minimum Gasteiger partial charge on any atom is -0.457 e. The fourth-order valence-electron chi connectivity index (χ4n) is 7.97. The van der Waals surface area contributed by atoms with Crippen molar-refractivity contribution < 1.29 is 44.2 Å². The number of allylic oxidation sites excluding steroid dienone is 6. The lowest BCUT2D eigenvalue weighted by atomic mass is 9.99. The zero-order chi connectivity index (χ0) is 45.0. The second-order valence-electron chi connectivity index (χ2n) is 18.0. The van der Waals surface area contributed by atoms with Crippen molar-refractivity contribution in [3.8, 4) is 0 Å². The maximum atomic E-state index is 12.8. The number of carbonyl (C=O) groups excluding carboxylic acids is 1. The highest BCUT2D eigenvalue weighted by Gasteiger charge is 2.44. The molecular weight excluding hydrogens is 781 g/mol. The van der Waals surface area contributed by atoms with E-state index in [1.54, 1.807) is 0 Å². The van der Waals surface area contributed by atoms with Crippen LogP contribution in [0.1, 0.15) is 232 Å². The summed E-state index contributed by atoms with van der Waals surface area (Å²) < 4.78 is 22.9. The van der Waals surface area contributed by atoms with Gasteiger partial charge in [-0.15, -0.1) is 0 Å². The van der Waals surface area contributed by atoms with Gasteiger partial charge in [-0.3, -0.25) is 4.79 Å². The van der Waals surface area contributed by atoms with Crippen molar-refractivity contribution in [2.75, 3.05) is 26.4 Å². The molecule has 0 bridgehead atoms. The average Bonchev–Trinajstić information content (AvgIpc) is 3.27. The van der Waals surface area contributed by atoms with E-state index in [0.29, 0.717) is 13.0 Å². The highest BCUT2D eigenvalue weighted by Crippen LogP contribution is 2.23. The number of aliphatic hydroxyl groups excluding tert-OH is 4. The summed E-state index contributed by atoms with van der Waals surface area (Å²) in [7, 11) is 0. The monoisotopic (exact) mass is 879 g/mol. The van der Waals surface area contributed by atoms with Gasteiger partial charge in [-0.1, -0.05) is 211 Å². The van der Waals surface area contributed by atoms with Gasteiger partial charge in [0, 0.05) is 13.0 Å². The second-order valence-corrected chi connectivity index (χ2v) is 18.0. The lowest BCUT2D eigenvalue weighted by Crippen LogP contribution is -2.59. The first-order valence-electron chi connectivity index (χ1n) is 26.1. The summed E-state index contributed by atoms with van der Waals surface area (Å²) in [5.74, 6) is -0.313. The van der Waals surface area contributed by atoms with E-state index in [1.165, 1.54) is 154 Å². The number of hydrogen-bond acceptors (Lipinski definition) is 9. The number of hydrogen-bond donors (Lipinski definition) is 4. The molecule has 0 aromatic rings.